The molecule has 0 bridgehead atoms. The number of nitrogens with one attached hydrogen (secondary N) is 6. The number of rotatable bonds is 23. The van der Waals surface area contributed by atoms with Crippen molar-refractivity contribution in [2.45, 2.75) is 122 Å². The van der Waals surface area contributed by atoms with Gasteiger partial charge in [0.15, 0.2) is 0 Å². The van der Waals surface area contributed by atoms with Crippen molar-refractivity contribution in [3.8, 4) is 0 Å². The second-order valence-corrected chi connectivity index (χ2v) is 17.8. The molecule has 0 heterocycles. The number of esters is 1. The highest BCUT2D eigenvalue weighted by molar-refractivity contribution is 7.90. The fraction of sp³-hybridized carbons (Fsp3) is 0.444. The lowest BCUT2D eigenvalue weighted by Crippen LogP contribution is -2.57. The van der Waals surface area contributed by atoms with E-state index >= 15 is 0 Å². The maximum absolute atomic E-state index is 13.6. The maximum atomic E-state index is 13.6. The van der Waals surface area contributed by atoms with Crippen LogP contribution in [0.1, 0.15) is 83.4 Å². The first kappa shape index (κ1) is 52.6. The van der Waals surface area contributed by atoms with E-state index in [1.54, 1.807) is 57.2 Å². The van der Waals surface area contributed by atoms with Crippen LogP contribution in [0, 0.1) is 6.92 Å². The molecular weight excluding hydrogens is 861 g/mol. The number of guanidine groups is 1. The van der Waals surface area contributed by atoms with Gasteiger partial charge < -0.3 is 46.5 Å². The standard InChI is InChI=1S/C45H62N8O11S/c1-30-22-24-35(25-23-30)65(60,61)53-42(46)47-27-15-21-36(39(55)50-32(3)41(57)62-28-33-16-9-7-10-17-33)51-38(54)31(2)49-40(56)37(52-44(59)64-45(4,5)6)20-13-14-26-48-43(58)63-29-34-18-11-8-12-19-34/h7-12,16-19,22-25,31-32,36-37H,13-15,20-21,26-29H2,1-6H3,(H,48,58)(H,49,56)(H,50,55)(H,51,54)(H,52,59)(H3,46,47,53)/t31-,32-,36+,37+/m1/s1. The summed E-state index contributed by atoms with van der Waals surface area (Å²) in [7, 11) is -4.02. The first-order valence-corrected chi connectivity index (χ1v) is 22.7. The lowest BCUT2D eigenvalue weighted by Gasteiger charge is -2.25. The molecule has 0 fully saturated rings. The van der Waals surface area contributed by atoms with Crippen molar-refractivity contribution in [3.63, 3.8) is 0 Å². The molecule has 0 saturated heterocycles. The second-order valence-electron chi connectivity index (χ2n) is 16.1. The monoisotopic (exact) mass is 922 g/mol. The predicted octanol–water partition coefficient (Wildman–Crippen LogP) is 3.60. The van der Waals surface area contributed by atoms with Crippen molar-refractivity contribution in [2.24, 2.45) is 10.7 Å². The van der Waals surface area contributed by atoms with Crippen molar-refractivity contribution < 1.29 is 51.4 Å². The number of ether oxygens (including phenoxy) is 3. The number of alkyl carbamates (subject to hydrolysis) is 2. The summed E-state index contributed by atoms with van der Waals surface area (Å²) in [5, 5.41) is 12.9. The third kappa shape index (κ3) is 20.6. The molecule has 0 aromatic heterocycles. The van der Waals surface area contributed by atoms with Gasteiger partial charge in [0.05, 0.1) is 4.90 Å². The third-order valence-electron chi connectivity index (χ3n) is 9.23. The minimum Gasteiger partial charge on any atom is -0.459 e. The summed E-state index contributed by atoms with van der Waals surface area (Å²) in [4.78, 5) is 82.5. The van der Waals surface area contributed by atoms with Gasteiger partial charge in [0.2, 0.25) is 23.7 Å². The number of aliphatic imine (C=N–C) groups is 1. The largest absolute Gasteiger partial charge is 0.459 e. The quantitative estimate of drug-likeness (QED) is 0.0236. The van der Waals surface area contributed by atoms with Crippen molar-refractivity contribution >= 4 is 51.9 Å². The highest BCUT2D eigenvalue weighted by atomic mass is 32.2. The fourth-order valence-electron chi connectivity index (χ4n) is 5.77. The van der Waals surface area contributed by atoms with Crippen LogP contribution in [0.4, 0.5) is 9.59 Å². The van der Waals surface area contributed by atoms with Crippen LogP contribution >= 0.6 is 0 Å². The first-order chi connectivity index (χ1) is 30.7. The molecule has 4 atom stereocenters. The highest BCUT2D eigenvalue weighted by Crippen LogP contribution is 2.12. The molecule has 0 unspecified atom stereocenters. The van der Waals surface area contributed by atoms with Crippen LogP contribution in [0.2, 0.25) is 0 Å². The average Bonchev–Trinajstić information content (AvgIpc) is 3.25. The molecule has 0 aliphatic carbocycles. The second kappa shape index (κ2) is 26.2. The van der Waals surface area contributed by atoms with E-state index in [4.69, 9.17) is 19.9 Å². The Morgan fingerprint density at radius 3 is 1.78 bits per heavy atom. The minimum atomic E-state index is -4.02. The Morgan fingerprint density at radius 1 is 0.662 bits per heavy atom. The number of nitrogens with zero attached hydrogens (tertiary/aromatic N) is 1. The smallest absolute Gasteiger partial charge is 0.408 e. The summed E-state index contributed by atoms with van der Waals surface area (Å²) in [5.41, 5.74) is 7.43. The Morgan fingerprint density at radius 2 is 1.20 bits per heavy atom. The number of benzene rings is 3. The molecule has 354 valence electrons. The van der Waals surface area contributed by atoms with Gasteiger partial charge in [-0.2, -0.15) is 0 Å². The molecule has 3 rings (SSSR count). The summed E-state index contributed by atoms with van der Waals surface area (Å²) in [5.74, 6) is -3.37. The van der Waals surface area contributed by atoms with Crippen LogP contribution in [0.5, 0.6) is 0 Å². The van der Waals surface area contributed by atoms with E-state index in [0.29, 0.717) is 12.8 Å². The van der Waals surface area contributed by atoms with Crippen molar-refractivity contribution in [3.05, 3.63) is 102 Å². The SMILES string of the molecule is Cc1ccc(S(=O)(=O)NC(N)=NCCC[C@H](NC(=O)[C@@H](C)NC(=O)[C@H](CCCCNC(=O)OCc2ccccc2)NC(=O)OC(C)(C)C)C(=O)N[C@H](C)C(=O)OCc2ccccc2)cc1. The number of amides is 5. The zero-order chi connectivity index (χ0) is 48.0. The molecule has 0 aliphatic rings. The van der Waals surface area contributed by atoms with Gasteiger partial charge in [-0.25, -0.2) is 27.5 Å². The van der Waals surface area contributed by atoms with E-state index in [-0.39, 0.29) is 50.5 Å². The average molecular weight is 923 g/mol. The van der Waals surface area contributed by atoms with Gasteiger partial charge in [0.1, 0.15) is 43.0 Å². The van der Waals surface area contributed by atoms with Crippen LogP contribution in [0.15, 0.2) is 94.8 Å². The lowest BCUT2D eigenvalue weighted by atomic mass is 10.1. The number of nitrogens with two attached hydrogens (primary N) is 1. The van der Waals surface area contributed by atoms with E-state index < -0.39 is 81.6 Å². The number of hydrogen-bond donors (Lipinski definition) is 7. The maximum Gasteiger partial charge on any atom is 0.408 e. The summed E-state index contributed by atoms with van der Waals surface area (Å²) in [6.07, 6.45) is -0.535. The van der Waals surface area contributed by atoms with E-state index in [1.807, 2.05) is 43.3 Å². The van der Waals surface area contributed by atoms with Crippen molar-refractivity contribution in [1.29, 1.82) is 0 Å². The summed E-state index contributed by atoms with van der Waals surface area (Å²) in [6.45, 7) is 9.82. The zero-order valence-electron chi connectivity index (χ0n) is 37.7. The third-order valence-corrected chi connectivity index (χ3v) is 10.6. The Hall–Kier alpha value is -6.70. The highest BCUT2D eigenvalue weighted by Gasteiger charge is 2.30. The van der Waals surface area contributed by atoms with Crippen LogP contribution in [0.25, 0.3) is 0 Å². The van der Waals surface area contributed by atoms with E-state index in [1.165, 1.54) is 26.0 Å². The van der Waals surface area contributed by atoms with Gasteiger partial charge in [-0.05, 0) is 96.9 Å². The summed E-state index contributed by atoms with van der Waals surface area (Å²) >= 11 is 0. The van der Waals surface area contributed by atoms with Crippen molar-refractivity contribution in [1.82, 2.24) is 31.3 Å². The van der Waals surface area contributed by atoms with Crippen LogP contribution < -0.4 is 37.0 Å². The molecule has 3 aromatic rings. The minimum absolute atomic E-state index is 0.0171. The normalized spacial score (nSPS) is 13.4. The van der Waals surface area contributed by atoms with Gasteiger partial charge in [-0.3, -0.25) is 19.4 Å². The lowest BCUT2D eigenvalue weighted by molar-refractivity contribution is -0.148. The van der Waals surface area contributed by atoms with Gasteiger partial charge in [0.25, 0.3) is 10.0 Å². The number of aryl methyl sites for hydroxylation is 1. The number of sulfonamides is 1. The van der Waals surface area contributed by atoms with E-state index in [2.05, 4.69) is 36.3 Å². The topological polar surface area (TPSA) is 275 Å². The molecule has 20 heteroatoms. The molecule has 65 heavy (non-hydrogen) atoms. The van der Waals surface area contributed by atoms with Gasteiger partial charge in [-0.1, -0.05) is 78.4 Å². The number of carbonyl (C=O) groups is 6. The van der Waals surface area contributed by atoms with Crippen LogP contribution in [-0.2, 0) is 56.6 Å². The molecule has 8 N–H and O–H groups in total. The molecule has 0 radical (unpaired) electrons. The van der Waals surface area contributed by atoms with Crippen LogP contribution in [-0.4, -0.2) is 93.1 Å². The predicted molar refractivity (Wildman–Crippen MR) is 242 cm³/mol. The molecule has 0 aliphatic heterocycles. The number of carbonyl (C=O) groups excluding carboxylic acids is 6. The van der Waals surface area contributed by atoms with E-state index in [9.17, 15) is 37.2 Å². The Bertz CT molecular complexity index is 2170. The zero-order valence-corrected chi connectivity index (χ0v) is 38.5. The first-order valence-electron chi connectivity index (χ1n) is 21.2. The van der Waals surface area contributed by atoms with Gasteiger partial charge >= 0.3 is 18.2 Å². The molecule has 0 saturated carbocycles. The van der Waals surface area contributed by atoms with Gasteiger partial charge in [-0.15, -0.1) is 0 Å². The molecule has 0 spiro atoms. The van der Waals surface area contributed by atoms with E-state index in [0.717, 1.165) is 16.7 Å². The Balaban J connectivity index is 1.64. The van der Waals surface area contributed by atoms with Crippen LogP contribution in [0.3, 0.4) is 0 Å². The van der Waals surface area contributed by atoms with Crippen molar-refractivity contribution in [2.75, 3.05) is 13.1 Å². The Kier molecular flexibility index (Phi) is 21.2. The number of unbranched alkanes of at least 4 members (excludes halogenated alkanes) is 1. The Labute approximate surface area is 380 Å². The molecular formula is C45H62N8O11S. The molecule has 5 amide bonds. The fourth-order valence-corrected chi connectivity index (χ4v) is 6.72. The summed E-state index contributed by atoms with van der Waals surface area (Å²) in [6, 6.07) is 19.4. The number of hydrogen-bond acceptors (Lipinski definition) is 12. The van der Waals surface area contributed by atoms with Gasteiger partial charge in [0, 0.05) is 13.1 Å². The molecule has 3 aromatic carbocycles. The molecule has 19 nitrogen and oxygen atoms in total. The summed E-state index contributed by atoms with van der Waals surface area (Å²) < 4.78 is 43.6.